The Morgan fingerprint density at radius 2 is 2.00 bits per heavy atom. The zero-order chi connectivity index (χ0) is 10.1. The third-order valence-electron chi connectivity index (χ3n) is 3.12. The van der Waals surface area contributed by atoms with Gasteiger partial charge in [0, 0.05) is 0 Å². The van der Waals surface area contributed by atoms with Gasteiger partial charge >= 0.3 is 0 Å². The fourth-order valence-corrected chi connectivity index (χ4v) is 3.19. The summed E-state index contributed by atoms with van der Waals surface area (Å²) >= 11 is 0. The van der Waals surface area contributed by atoms with E-state index in [4.69, 9.17) is 0 Å². The molecule has 1 aliphatic rings. The molecule has 0 radical (unpaired) electrons. The van der Waals surface area contributed by atoms with Crippen LogP contribution in [0.25, 0.3) is 0 Å². The fraction of sp³-hybridized carbons (Fsp3) is 0.846. The summed E-state index contributed by atoms with van der Waals surface area (Å²) in [6.07, 6.45) is 5.45. The van der Waals surface area contributed by atoms with Gasteiger partial charge in [0.1, 0.15) is 0 Å². The Kier molecular flexibility index (Phi) is 3.21. The molecule has 0 aromatic heterocycles. The van der Waals surface area contributed by atoms with Crippen LogP contribution in [0.4, 0.5) is 0 Å². The summed E-state index contributed by atoms with van der Waals surface area (Å²) in [5.74, 6) is 1.81. The maximum absolute atomic E-state index is 4.02. The number of hydrogen-bond donors (Lipinski definition) is 0. The summed E-state index contributed by atoms with van der Waals surface area (Å²) in [5.41, 5.74) is 1.92. The third-order valence-corrected chi connectivity index (χ3v) is 3.12. The van der Waals surface area contributed by atoms with Crippen molar-refractivity contribution >= 4 is 0 Å². The molecular weight excluding hydrogens is 156 g/mol. The molecule has 0 amide bonds. The Balaban J connectivity index is 2.52. The van der Waals surface area contributed by atoms with E-state index in [2.05, 4.69) is 34.3 Å². The highest BCUT2D eigenvalue weighted by Crippen LogP contribution is 2.43. The molecule has 2 unspecified atom stereocenters. The summed E-state index contributed by atoms with van der Waals surface area (Å²) in [6, 6.07) is 0. The molecule has 0 heteroatoms. The average molecular weight is 180 g/mol. The second-order valence-electron chi connectivity index (χ2n) is 5.94. The molecule has 0 aromatic carbocycles. The molecule has 0 N–H and O–H groups in total. The van der Waals surface area contributed by atoms with E-state index in [0.717, 1.165) is 11.8 Å². The zero-order valence-corrected chi connectivity index (χ0v) is 9.69. The van der Waals surface area contributed by atoms with Gasteiger partial charge in [-0.05, 0) is 49.9 Å². The summed E-state index contributed by atoms with van der Waals surface area (Å²) < 4.78 is 0. The highest BCUT2D eigenvalue weighted by atomic mass is 14.4. The van der Waals surface area contributed by atoms with Crippen molar-refractivity contribution in [2.45, 2.75) is 53.4 Å². The zero-order valence-electron chi connectivity index (χ0n) is 9.69. The van der Waals surface area contributed by atoms with Gasteiger partial charge in [0.05, 0.1) is 0 Å². The van der Waals surface area contributed by atoms with E-state index in [1.807, 2.05) is 0 Å². The van der Waals surface area contributed by atoms with Crippen LogP contribution in [-0.4, -0.2) is 0 Å². The van der Waals surface area contributed by atoms with E-state index in [9.17, 15) is 0 Å². The second-order valence-corrected chi connectivity index (χ2v) is 5.94. The Labute approximate surface area is 83.4 Å². The molecule has 1 fully saturated rings. The minimum atomic E-state index is 0.567. The van der Waals surface area contributed by atoms with E-state index in [1.165, 1.54) is 31.3 Å². The normalized spacial score (nSPS) is 32.9. The fourth-order valence-electron chi connectivity index (χ4n) is 3.19. The third kappa shape index (κ3) is 3.54. The lowest BCUT2D eigenvalue weighted by Gasteiger charge is -2.39. The minimum Gasteiger partial charge on any atom is -0.100 e. The lowest BCUT2D eigenvalue weighted by molar-refractivity contribution is 0.133. The van der Waals surface area contributed by atoms with E-state index in [1.54, 1.807) is 0 Å². The first kappa shape index (κ1) is 10.8. The monoisotopic (exact) mass is 180 g/mol. The van der Waals surface area contributed by atoms with Crippen molar-refractivity contribution in [3.63, 3.8) is 0 Å². The topological polar surface area (TPSA) is 0 Å². The molecular formula is C13H24. The van der Waals surface area contributed by atoms with Gasteiger partial charge < -0.3 is 0 Å². The molecule has 76 valence electrons. The molecule has 0 aliphatic heterocycles. The Bertz CT molecular complexity index is 188. The Morgan fingerprint density at radius 3 is 2.46 bits per heavy atom. The molecule has 1 rings (SSSR count). The molecule has 0 bridgehead atoms. The number of hydrogen-bond acceptors (Lipinski definition) is 0. The first-order valence-corrected chi connectivity index (χ1v) is 5.53. The molecule has 0 nitrogen and oxygen atoms in total. The van der Waals surface area contributed by atoms with Crippen LogP contribution < -0.4 is 0 Å². The van der Waals surface area contributed by atoms with Crippen LogP contribution in [0.5, 0.6) is 0 Å². The molecule has 2 atom stereocenters. The average Bonchev–Trinajstić information content (AvgIpc) is 1.78. The summed E-state index contributed by atoms with van der Waals surface area (Å²) in [6.45, 7) is 13.4. The van der Waals surface area contributed by atoms with Crippen molar-refractivity contribution in [3.05, 3.63) is 12.2 Å². The number of allylic oxidation sites excluding steroid dienone is 1. The SMILES string of the molecule is C=C(C)CC1CC(C)CC(C)(C)C1. The summed E-state index contributed by atoms with van der Waals surface area (Å²) in [4.78, 5) is 0. The van der Waals surface area contributed by atoms with Crippen LogP contribution >= 0.6 is 0 Å². The van der Waals surface area contributed by atoms with Gasteiger partial charge in [-0.2, -0.15) is 0 Å². The van der Waals surface area contributed by atoms with Crippen LogP contribution in [0.2, 0.25) is 0 Å². The van der Waals surface area contributed by atoms with Crippen molar-refractivity contribution in [2.24, 2.45) is 17.3 Å². The Morgan fingerprint density at radius 1 is 1.38 bits per heavy atom. The predicted octanol–water partition coefficient (Wildman–Crippen LogP) is 4.42. The smallest absolute Gasteiger partial charge is 0.0297 e. The lowest BCUT2D eigenvalue weighted by Crippen LogP contribution is -2.27. The van der Waals surface area contributed by atoms with Gasteiger partial charge in [-0.3, -0.25) is 0 Å². The highest BCUT2D eigenvalue weighted by Gasteiger charge is 2.31. The predicted molar refractivity (Wildman–Crippen MR) is 59.7 cm³/mol. The maximum atomic E-state index is 4.02. The van der Waals surface area contributed by atoms with Gasteiger partial charge in [-0.15, -0.1) is 6.58 Å². The van der Waals surface area contributed by atoms with E-state index >= 15 is 0 Å². The molecule has 1 aliphatic carbocycles. The molecule has 0 aromatic rings. The molecule has 13 heavy (non-hydrogen) atoms. The molecule has 1 saturated carbocycles. The summed E-state index contributed by atoms with van der Waals surface area (Å²) in [5, 5.41) is 0. The molecule has 0 spiro atoms. The van der Waals surface area contributed by atoms with Gasteiger partial charge in [-0.25, -0.2) is 0 Å². The van der Waals surface area contributed by atoms with E-state index < -0.39 is 0 Å². The summed E-state index contributed by atoms with van der Waals surface area (Å²) in [7, 11) is 0. The van der Waals surface area contributed by atoms with E-state index in [0.29, 0.717) is 5.41 Å². The largest absolute Gasteiger partial charge is 0.100 e. The second kappa shape index (κ2) is 3.86. The highest BCUT2D eigenvalue weighted by molar-refractivity contribution is 4.94. The lowest BCUT2D eigenvalue weighted by atomic mass is 9.67. The van der Waals surface area contributed by atoms with Crippen molar-refractivity contribution in [3.8, 4) is 0 Å². The van der Waals surface area contributed by atoms with Crippen molar-refractivity contribution in [2.75, 3.05) is 0 Å². The van der Waals surface area contributed by atoms with E-state index in [-0.39, 0.29) is 0 Å². The number of rotatable bonds is 2. The molecule has 0 heterocycles. The first-order chi connectivity index (χ1) is 5.89. The standard InChI is InChI=1S/C13H24/c1-10(2)6-12-7-11(3)8-13(4,5)9-12/h11-12H,1,6-9H2,2-5H3. The van der Waals surface area contributed by atoms with Crippen LogP contribution in [0.1, 0.15) is 53.4 Å². The van der Waals surface area contributed by atoms with Gasteiger partial charge in [0.15, 0.2) is 0 Å². The van der Waals surface area contributed by atoms with Gasteiger partial charge in [-0.1, -0.05) is 26.3 Å². The Hall–Kier alpha value is -0.260. The van der Waals surface area contributed by atoms with Crippen molar-refractivity contribution in [1.82, 2.24) is 0 Å². The van der Waals surface area contributed by atoms with Crippen LogP contribution in [-0.2, 0) is 0 Å². The van der Waals surface area contributed by atoms with Crippen LogP contribution in [0.15, 0.2) is 12.2 Å². The van der Waals surface area contributed by atoms with Crippen LogP contribution in [0, 0.1) is 17.3 Å². The quantitative estimate of drug-likeness (QED) is 0.552. The maximum Gasteiger partial charge on any atom is -0.0297 e. The van der Waals surface area contributed by atoms with Crippen LogP contribution in [0.3, 0.4) is 0 Å². The van der Waals surface area contributed by atoms with Gasteiger partial charge in [0.2, 0.25) is 0 Å². The van der Waals surface area contributed by atoms with Crippen molar-refractivity contribution in [1.29, 1.82) is 0 Å². The van der Waals surface area contributed by atoms with Crippen molar-refractivity contribution < 1.29 is 0 Å². The first-order valence-electron chi connectivity index (χ1n) is 5.53. The molecule has 0 saturated heterocycles. The minimum absolute atomic E-state index is 0.567. The van der Waals surface area contributed by atoms with Gasteiger partial charge in [0.25, 0.3) is 0 Å².